The summed E-state index contributed by atoms with van der Waals surface area (Å²) in [6, 6.07) is 11.6. The van der Waals surface area contributed by atoms with Crippen molar-refractivity contribution < 1.29 is 27.3 Å². The Hall–Kier alpha value is -3.44. The second kappa shape index (κ2) is 10.3. The van der Waals surface area contributed by atoms with Crippen molar-refractivity contribution in [2.45, 2.75) is 36.5 Å². The molecule has 1 aliphatic rings. The van der Waals surface area contributed by atoms with Crippen molar-refractivity contribution in [3.63, 3.8) is 0 Å². The zero-order valence-corrected chi connectivity index (χ0v) is 20.1. The van der Waals surface area contributed by atoms with Crippen molar-refractivity contribution in [3.05, 3.63) is 82.0 Å². The highest BCUT2D eigenvalue weighted by Gasteiger charge is 2.33. The Morgan fingerprint density at radius 2 is 1.92 bits per heavy atom. The first-order chi connectivity index (χ1) is 17.1. The molecule has 0 spiro atoms. The van der Waals surface area contributed by atoms with Crippen LogP contribution >= 0.6 is 11.6 Å². The van der Waals surface area contributed by atoms with Gasteiger partial charge in [0.1, 0.15) is 0 Å². The second-order valence-electron chi connectivity index (χ2n) is 8.13. The molecule has 0 saturated heterocycles. The van der Waals surface area contributed by atoms with E-state index in [0.717, 1.165) is 18.5 Å². The third-order valence-electron chi connectivity index (χ3n) is 5.42. The van der Waals surface area contributed by atoms with Crippen molar-refractivity contribution in [2.75, 3.05) is 9.62 Å². The highest BCUT2D eigenvalue weighted by Crippen LogP contribution is 2.35. The molecule has 3 aromatic rings. The number of benzene rings is 2. The number of hydrogen-bond donors (Lipinski definition) is 3. The predicted molar refractivity (Wildman–Crippen MR) is 131 cm³/mol. The summed E-state index contributed by atoms with van der Waals surface area (Å²) in [7, 11) is -2.01. The fraction of sp³-hybridized carbons (Fsp3) is 0.208. The van der Waals surface area contributed by atoms with Gasteiger partial charge < -0.3 is 15.8 Å². The molecule has 2 aromatic carbocycles. The molecule has 0 bridgehead atoms. The average Bonchev–Trinajstić information content (AvgIpc) is 3.66. The molecule has 1 atom stereocenters. The van der Waals surface area contributed by atoms with Crippen LogP contribution in [-0.4, -0.2) is 32.5 Å². The number of anilines is 2. The fourth-order valence-corrected chi connectivity index (χ4v) is 4.91. The fourth-order valence-electron chi connectivity index (χ4n) is 3.40. The molecule has 0 amide bonds. The summed E-state index contributed by atoms with van der Waals surface area (Å²) in [5, 5.41) is 19.9. The van der Waals surface area contributed by atoms with Gasteiger partial charge in [-0.15, -0.1) is 0 Å². The van der Waals surface area contributed by atoms with Crippen LogP contribution in [0.1, 0.15) is 39.9 Å². The lowest BCUT2D eigenvalue weighted by molar-refractivity contribution is -0.137. The molecule has 1 unspecified atom stereocenters. The summed E-state index contributed by atoms with van der Waals surface area (Å²) in [4.78, 5) is 15.2. The number of rotatable bonds is 9. The first kappa shape index (κ1) is 25.6. The lowest BCUT2D eigenvalue weighted by atomic mass is 10.1. The zero-order chi connectivity index (χ0) is 26.0. The highest BCUT2D eigenvalue weighted by molar-refractivity contribution is 7.86. The van der Waals surface area contributed by atoms with Crippen LogP contribution in [0.25, 0.3) is 0 Å². The maximum atomic E-state index is 13.6. The smallest absolute Gasteiger partial charge is 0.417 e. The minimum Gasteiger partial charge on any atom is -0.478 e. The molecule has 1 heterocycles. The van der Waals surface area contributed by atoms with E-state index < -0.39 is 28.7 Å². The monoisotopic (exact) mass is 536 g/mol. The molecule has 36 heavy (non-hydrogen) atoms. The summed E-state index contributed by atoms with van der Waals surface area (Å²) >= 11 is 6.18. The minimum atomic E-state index is -4.66. The summed E-state index contributed by atoms with van der Waals surface area (Å²) in [6.07, 6.45) is -0.765. The van der Waals surface area contributed by atoms with E-state index >= 15 is 0 Å². The lowest BCUT2D eigenvalue weighted by Gasteiger charge is -2.24. The van der Waals surface area contributed by atoms with Crippen LogP contribution in [0, 0.1) is 5.41 Å². The van der Waals surface area contributed by atoms with Gasteiger partial charge in [-0.25, -0.2) is 14.0 Å². The molecule has 4 rings (SSSR count). The largest absolute Gasteiger partial charge is 0.478 e. The molecule has 12 heteroatoms. The van der Waals surface area contributed by atoms with E-state index in [4.69, 9.17) is 22.1 Å². The van der Waals surface area contributed by atoms with Gasteiger partial charge in [-0.1, -0.05) is 17.7 Å². The number of halogens is 4. The van der Waals surface area contributed by atoms with Crippen LogP contribution in [0.5, 0.6) is 0 Å². The van der Waals surface area contributed by atoms with Crippen molar-refractivity contribution >= 4 is 46.3 Å². The molecule has 7 nitrogen and oxygen atoms in total. The van der Waals surface area contributed by atoms with Crippen LogP contribution in [-0.2, 0) is 23.7 Å². The van der Waals surface area contributed by atoms with Crippen LogP contribution in [0.2, 0.25) is 5.02 Å². The van der Waals surface area contributed by atoms with Crippen molar-refractivity contribution in [1.29, 1.82) is 5.41 Å². The van der Waals surface area contributed by atoms with E-state index in [1.54, 1.807) is 18.2 Å². The second-order valence-corrected chi connectivity index (χ2v) is 9.94. The molecular weight excluding hydrogens is 517 g/mol. The lowest BCUT2D eigenvalue weighted by Crippen LogP contribution is -2.27. The Morgan fingerprint density at radius 3 is 2.47 bits per heavy atom. The summed E-state index contributed by atoms with van der Waals surface area (Å²) < 4.78 is 54.2. The van der Waals surface area contributed by atoms with Crippen LogP contribution in [0.3, 0.4) is 0 Å². The molecule has 0 radical (unpaired) electrons. The van der Waals surface area contributed by atoms with E-state index in [1.165, 1.54) is 34.8 Å². The number of carboxylic acid groups (broad SMARTS) is 1. The summed E-state index contributed by atoms with van der Waals surface area (Å²) in [5.74, 6) is -1.29. The van der Waals surface area contributed by atoms with E-state index in [9.17, 15) is 22.2 Å². The number of carbonyl (C=O) groups is 1. The Bertz CT molecular complexity index is 1330. The first-order valence-corrected chi connectivity index (χ1v) is 12.2. The van der Waals surface area contributed by atoms with Gasteiger partial charge in [0.25, 0.3) is 0 Å². The number of hydrogen-bond acceptors (Lipinski definition) is 5. The number of alkyl halides is 3. The van der Waals surface area contributed by atoms with Crippen LogP contribution < -0.4 is 9.62 Å². The first-order valence-electron chi connectivity index (χ1n) is 10.7. The third kappa shape index (κ3) is 5.85. The SMILES string of the molecule is N=Cc1cc(CN(c2ncc(C(F)(F)F)cc2Cl)S(=O)c2ccc(C(=O)O)cc2)ccc1NC1CC1. The standard InChI is InChI=1S/C24H20ClF3N4O3S/c25-20-10-17(24(26,27)28)12-30-22(20)32(36(35)19-6-2-15(3-7-19)23(33)34)13-14-1-8-21(16(9-14)11-29)31-18-4-5-18/h1-3,6-12,18,29,31H,4-5,13H2,(H,33,34). The highest BCUT2D eigenvalue weighted by atomic mass is 35.5. The normalized spacial score (nSPS) is 14.2. The number of nitrogens with zero attached hydrogens (tertiary/aromatic N) is 2. The number of pyridine rings is 1. The van der Waals surface area contributed by atoms with Gasteiger partial charge in [-0.3, -0.25) is 4.31 Å². The van der Waals surface area contributed by atoms with E-state index in [2.05, 4.69) is 10.3 Å². The van der Waals surface area contributed by atoms with Gasteiger partial charge in [0.2, 0.25) is 0 Å². The Kier molecular flexibility index (Phi) is 7.32. The van der Waals surface area contributed by atoms with Crippen LogP contribution in [0.15, 0.2) is 59.6 Å². The number of carboxylic acids is 1. The molecule has 1 aromatic heterocycles. The number of aromatic carboxylic acids is 1. The molecular formula is C24H20ClF3N4O3S. The third-order valence-corrected chi connectivity index (χ3v) is 7.08. The maximum absolute atomic E-state index is 13.6. The van der Waals surface area contributed by atoms with Gasteiger partial charge in [0, 0.05) is 29.7 Å². The predicted octanol–water partition coefficient (Wildman–Crippen LogP) is 5.75. The molecule has 1 aliphatic carbocycles. The molecule has 0 aliphatic heterocycles. The number of aromatic nitrogens is 1. The quantitative estimate of drug-likeness (QED) is 0.302. The molecule has 188 valence electrons. The van der Waals surface area contributed by atoms with Gasteiger partial charge >= 0.3 is 12.1 Å². The molecule has 1 fully saturated rings. The van der Waals surface area contributed by atoms with Gasteiger partial charge in [-0.2, -0.15) is 13.2 Å². The molecule has 1 saturated carbocycles. The summed E-state index contributed by atoms with van der Waals surface area (Å²) in [6.45, 7) is -0.0596. The van der Waals surface area contributed by atoms with Gasteiger partial charge in [-0.05, 0) is 60.9 Å². The van der Waals surface area contributed by atoms with Gasteiger partial charge in [0.05, 0.1) is 27.6 Å². The van der Waals surface area contributed by atoms with Crippen molar-refractivity contribution in [3.8, 4) is 0 Å². The molecule has 3 N–H and O–H groups in total. The topological polar surface area (TPSA) is 106 Å². The van der Waals surface area contributed by atoms with E-state index in [1.807, 2.05) is 0 Å². The summed E-state index contributed by atoms with van der Waals surface area (Å²) in [5.41, 5.74) is 0.932. The van der Waals surface area contributed by atoms with E-state index in [0.29, 0.717) is 29.4 Å². The zero-order valence-electron chi connectivity index (χ0n) is 18.6. The Balaban J connectivity index is 1.72. The van der Waals surface area contributed by atoms with E-state index in [-0.39, 0.29) is 27.8 Å². The van der Waals surface area contributed by atoms with Crippen molar-refractivity contribution in [1.82, 2.24) is 4.98 Å². The Labute approximate surface area is 212 Å². The van der Waals surface area contributed by atoms with Crippen LogP contribution in [0.4, 0.5) is 24.7 Å². The number of nitrogens with one attached hydrogen (secondary N) is 2. The Morgan fingerprint density at radius 1 is 1.22 bits per heavy atom. The van der Waals surface area contributed by atoms with Gasteiger partial charge in [0.15, 0.2) is 16.8 Å². The average molecular weight is 537 g/mol. The van der Waals surface area contributed by atoms with Crippen molar-refractivity contribution in [2.24, 2.45) is 0 Å². The maximum Gasteiger partial charge on any atom is 0.417 e. The minimum absolute atomic E-state index is 0.0117.